The molecule has 0 aliphatic heterocycles. The summed E-state index contributed by atoms with van der Waals surface area (Å²) in [6.45, 7) is 0. The molecule has 0 aromatic heterocycles. The van der Waals surface area contributed by atoms with Gasteiger partial charge in [-0.1, -0.05) is 18.2 Å². The van der Waals surface area contributed by atoms with Gasteiger partial charge in [-0.2, -0.15) is 25.3 Å². The van der Waals surface area contributed by atoms with Crippen LogP contribution in [-0.2, 0) is 0 Å². The minimum absolute atomic E-state index is 0.116. The molecule has 0 heterocycles. The third-order valence-electron chi connectivity index (χ3n) is 1.34. The molecule has 1 aromatic carbocycles. The predicted molar refractivity (Wildman–Crippen MR) is 52.5 cm³/mol. The lowest BCUT2D eigenvalue weighted by atomic mass is 10.2. The molecular weight excluding hydrogens is 176 g/mol. The molecule has 3 heteroatoms. The van der Waals surface area contributed by atoms with Crippen LogP contribution in [0.2, 0.25) is 0 Å². The van der Waals surface area contributed by atoms with E-state index in [1.165, 1.54) is 0 Å². The van der Waals surface area contributed by atoms with Crippen LogP contribution in [0.5, 0.6) is 0 Å². The second kappa shape index (κ2) is 3.83. The fourth-order valence-electron chi connectivity index (χ4n) is 0.793. The van der Waals surface area contributed by atoms with Crippen molar-refractivity contribution in [3.63, 3.8) is 0 Å². The van der Waals surface area contributed by atoms with Gasteiger partial charge >= 0.3 is 0 Å². The third kappa shape index (κ3) is 2.27. The molecular formula is C8H8OS2. The Morgan fingerprint density at radius 3 is 2.64 bits per heavy atom. The maximum Gasteiger partial charge on any atom is 0.150 e. The van der Waals surface area contributed by atoms with Crippen molar-refractivity contribution in [1.29, 1.82) is 0 Å². The van der Waals surface area contributed by atoms with Crippen molar-refractivity contribution in [3.8, 4) is 0 Å². The molecule has 0 spiro atoms. The molecule has 1 nitrogen and oxygen atoms in total. The van der Waals surface area contributed by atoms with Crippen LogP contribution < -0.4 is 0 Å². The molecule has 0 fully saturated rings. The maximum absolute atomic E-state index is 10.3. The van der Waals surface area contributed by atoms with E-state index in [2.05, 4.69) is 25.3 Å². The summed E-state index contributed by atoms with van der Waals surface area (Å²) in [5, 5.41) is 0. The molecule has 0 N–H and O–H groups in total. The van der Waals surface area contributed by atoms with E-state index in [1.54, 1.807) is 12.1 Å². The van der Waals surface area contributed by atoms with E-state index in [1.807, 2.05) is 12.1 Å². The Morgan fingerprint density at radius 1 is 1.36 bits per heavy atom. The second-order valence-electron chi connectivity index (χ2n) is 2.16. The summed E-state index contributed by atoms with van der Waals surface area (Å²) >= 11 is 8.24. The molecule has 0 atom stereocenters. The lowest BCUT2D eigenvalue weighted by Crippen LogP contribution is -1.84. The van der Waals surface area contributed by atoms with Crippen molar-refractivity contribution in [2.24, 2.45) is 0 Å². The third-order valence-corrected chi connectivity index (χ3v) is 1.94. The fraction of sp³-hybridized carbons (Fsp3) is 0.125. The Kier molecular flexibility index (Phi) is 3.02. The summed E-state index contributed by atoms with van der Waals surface area (Å²) < 4.78 is -0.116. The van der Waals surface area contributed by atoms with Gasteiger partial charge in [-0.15, -0.1) is 0 Å². The quantitative estimate of drug-likeness (QED) is 0.410. The van der Waals surface area contributed by atoms with Crippen LogP contribution in [0.3, 0.4) is 0 Å². The Morgan fingerprint density at radius 2 is 2.09 bits per heavy atom. The normalized spacial score (nSPS) is 10.1. The SMILES string of the molecule is O=Cc1cccc(C(S)S)c1. The Balaban J connectivity index is 3.00. The van der Waals surface area contributed by atoms with Gasteiger partial charge in [-0.25, -0.2) is 0 Å². The number of hydrogen-bond donors (Lipinski definition) is 2. The second-order valence-corrected chi connectivity index (χ2v) is 3.60. The van der Waals surface area contributed by atoms with Gasteiger partial charge in [0.2, 0.25) is 0 Å². The van der Waals surface area contributed by atoms with E-state index in [9.17, 15) is 4.79 Å². The Labute approximate surface area is 76.6 Å². The number of thiol groups is 2. The van der Waals surface area contributed by atoms with Crippen LogP contribution in [0.25, 0.3) is 0 Å². The zero-order valence-electron chi connectivity index (χ0n) is 5.77. The van der Waals surface area contributed by atoms with E-state index in [4.69, 9.17) is 0 Å². The van der Waals surface area contributed by atoms with Crippen LogP contribution in [0.4, 0.5) is 0 Å². The lowest BCUT2D eigenvalue weighted by molar-refractivity contribution is 0.112. The first-order valence-corrected chi connectivity index (χ1v) is 4.18. The largest absolute Gasteiger partial charge is 0.298 e. The van der Waals surface area contributed by atoms with Crippen LogP contribution in [0.1, 0.15) is 20.5 Å². The molecule has 58 valence electrons. The van der Waals surface area contributed by atoms with Crippen molar-refractivity contribution in [2.75, 3.05) is 0 Å². The first kappa shape index (κ1) is 8.68. The van der Waals surface area contributed by atoms with Gasteiger partial charge in [-0.3, -0.25) is 4.79 Å². The van der Waals surface area contributed by atoms with E-state index in [-0.39, 0.29) is 4.58 Å². The molecule has 0 saturated carbocycles. The molecule has 0 aliphatic rings. The number of benzene rings is 1. The molecule has 0 aliphatic carbocycles. The van der Waals surface area contributed by atoms with Gasteiger partial charge in [0, 0.05) is 5.56 Å². The highest BCUT2D eigenvalue weighted by Crippen LogP contribution is 2.23. The van der Waals surface area contributed by atoms with E-state index in [0.29, 0.717) is 5.56 Å². The highest BCUT2D eigenvalue weighted by Gasteiger charge is 1.99. The summed E-state index contributed by atoms with van der Waals surface area (Å²) in [5.41, 5.74) is 1.61. The summed E-state index contributed by atoms with van der Waals surface area (Å²) in [6, 6.07) is 7.23. The monoisotopic (exact) mass is 184 g/mol. The number of aldehydes is 1. The predicted octanol–water partition coefficient (Wildman–Crippen LogP) is 2.36. The Hall–Kier alpha value is -0.410. The van der Waals surface area contributed by atoms with Gasteiger partial charge in [0.05, 0.1) is 4.58 Å². The summed E-state index contributed by atoms with van der Waals surface area (Å²) in [4.78, 5) is 10.3. The van der Waals surface area contributed by atoms with Gasteiger partial charge < -0.3 is 0 Å². The van der Waals surface area contributed by atoms with E-state index in [0.717, 1.165) is 11.8 Å². The topological polar surface area (TPSA) is 17.1 Å². The minimum atomic E-state index is -0.116. The molecule has 11 heavy (non-hydrogen) atoms. The first-order chi connectivity index (χ1) is 5.24. The lowest BCUT2D eigenvalue weighted by Gasteiger charge is -2.02. The maximum atomic E-state index is 10.3. The van der Waals surface area contributed by atoms with Gasteiger partial charge in [0.15, 0.2) is 0 Å². The number of carbonyl (C=O) groups is 1. The average Bonchev–Trinajstić information content (AvgIpc) is 2.05. The highest BCUT2D eigenvalue weighted by molar-refractivity contribution is 7.98. The smallest absolute Gasteiger partial charge is 0.150 e. The molecule has 1 rings (SSSR count). The fourth-order valence-corrected chi connectivity index (χ4v) is 1.11. The highest BCUT2D eigenvalue weighted by atomic mass is 32.2. The zero-order chi connectivity index (χ0) is 8.27. The molecule has 0 saturated heterocycles. The number of carbonyl (C=O) groups excluding carboxylic acids is 1. The molecule has 1 aromatic rings. The average molecular weight is 184 g/mol. The molecule has 0 amide bonds. The van der Waals surface area contributed by atoms with Gasteiger partial charge in [0.1, 0.15) is 6.29 Å². The van der Waals surface area contributed by atoms with Gasteiger partial charge in [0.25, 0.3) is 0 Å². The summed E-state index contributed by atoms with van der Waals surface area (Å²) in [7, 11) is 0. The van der Waals surface area contributed by atoms with Crippen molar-refractivity contribution >= 4 is 31.5 Å². The van der Waals surface area contributed by atoms with E-state index < -0.39 is 0 Å². The van der Waals surface area contributed by atoms with Crippen molar-refractivity contribution in [3.05, 3.63) is 35.4 Å². The molecule has 0 radical (unpaired) electrons. The zero-order valence-corrected chi connectivity index (χ0v) is 7.56. The van der Waals surface area contributed by atoms with Gasteiger partial charge in [-0.05, 0) is 11.6 Å². The van der Waals surface area contributed by atoms with Crippen LogP contribution in [-0.4, -0.2) is 6.29 Å². The van der Waals surface area contributed by atoms with E-state index >= 15 is 0 Å². The summed E-state index contributed by atoms with van der Waals surface area (Å²) in [5.74, 6) is 0. The molecule has 0 unspecified atom stereocenters. The van der Waals surface area contributed by atoms with Crippen molar-refractivity contribution in [1.82, 2.24) is 0 Å². The van der Waals surface area contributed by atoms with Crippen molar-refractivity contribution in [2.45, 2.75) is 4.58 Å². The van der Waals surface area contributed by atoms with Crippen LogP contribution in [0.15, 0.2) is 24.3 Å². The van der Waals surface area contributed by atoms with Crippen molar-refractivity contribution < 1.29 is 4.79 Å². The van der Waals surface area contributed by atoms with Crippen LogP contribution >= 0.6 is 25.3 Å². The number of hydrogen-bond acceptors (Lipinski definition) is 3. The number of rotatable bonds is 2. The molecule has 0 bridgehead atoms. The summed E-state index contributed by atoms with van der Waals surface area (Å²) in [6.07, 6.45) is 0.813. The minimum Gasteiger partial charge on any atom is -0.298 e. The Bertz CT molecular complexity index is 258. The standard InChI is InChI=1S/C8H8OS2/c9-5-6-2-1-3-7(4-6)8(10)11/h1-5,8,10-11H. The van der Waals surface area contributed by atoms with Crippen LogP contribution in [0, 0.1) is 0 Å². The first-order valence-electron chi connectivity index (χ1n) is 3.15.